The Bertz CT molecular complexity index is 402. The molecule has 0 N–H and O–H groups in total. The number of hydrogen-bond acceptors (Lipinski definition) is 1. The van der Waals surface area contributed by atoms with E-state index in [1.54, 1.807) is 0 Å². The summed E-state index contributed by atoms with van der Waals surface area (Å²) < 4.78 is 0.909. The summed E-state index contributed by atoms with van der Waals surface area (Å²) >= 11 is 3.47. The average Bonchev–Trinajstić information content (AvgIpc) is 2.24. The molecule has 0 amide bonds. The molecule has 0 radical (unpaired) electrons. The maximum absolute atomic E-state index is 12.1. The Morgan fingerprint density at radius 1 is 1.29 bits per heavy atom. The van der Waals surface area contributed by atoms with Gasteiger partial charge in [-0.2, -0.15) is 0 Å². The van der Waals surface area contributed by atoms with E-state index in [1.807, 2.05) is 12.1 Å². The van der Waals surface area contributed by atoms with E-state index < -0.39 is 0 Å². The first-order valence-electron chi connectivity index (χ1n) is 6.19. The molecule has 0 spiro atoms. The number of hydrogen-bond donors (Lipinski definition) is 0. The summed E-state index contributed by atoms with van der Waals surface area (Å²) in [6, 6.07) is 6.10. The summed E-state index contributed by atoms with van der Waals surface area (Å²) in [6.07, 6.45) is 2.66. The van der Waals surface area contributed by atoms with Gasteiger partial charge in [-0.25, -0.2) is 0 Å². The monoisotopic (exact) mass is 296 g/mol. The lowest BCUT2D eigenvalue weighted by atomic mass is 9.85. The van der Waals surface area contributed by atoms with E-state index in [0.717, 1.165) is 22.9 Å². The summed E-state index contributed by atoms with van der Waals surface area (Å²) in [6.45, 7) is 8.59. The fraction of sp³-hybridized carbons (Fsp3) is 0.533. The second-order valence-electron chi connectivity index (χ2n) is 5.47. The Balaban J connectivity index is 3.02. The highest BCUT2D eigenvalue weighted by molar-refractivity contribution is 9.10. The van der Waals surface area contributed by atoms with Gasteiger partial charge in [0.05, 0.1) is 0 Å². The van der Waals surface area contributed by atoms with Crippen LogP contribution in [0.15, 0.2) is 22.7 Å². The van der Waals surface area contributed by atoms with Gasteiger partial charge in [-0.1, -0.05) is 56.1 Å². The van der Waals surface area contributed by atoms with Crippen LogP contribution in [0.4, 0.5) is 0 Å². The lowest BCUT2D eigenvalue weighted by molar-refractivity contribution is 0.0979. The van der Waals surface area contributed by atoms with E-state index in [2.05, 4.69) is 49.7 Å². The van der Waals surface area contributed by atoms with Crippen molar-refractivity contribution in [2.24, 2.45) is 0 Å². The van der Waals surface area contributed by atoms with Crippen LogP contribution in [0.25, 0.3) is 0 Å². The molecule has 0 aliphatic heterocycles. The standard InChI is InChI=1S/C15H21BrO/c1-5-6-7-14(17)12-10-11(15(2,3)4)8-9-13(12)16/h8-10H,5-7H2,1-4H3. The average molecular weight is 297 g/mol. The van der Waals surface area contributed by atoms with Gasteiger partial charge in [0.2, 0.25) is 0 Å². The highest BCUT2D eigenvalue weighted by Crippen LogP contribution is 2.27. The van der Waals surface area contributed by atoms with Gasteiger partial charge in [-0.3, -0.25) is 4.79 Å². The SMILES string of the molecule is CCCCC(=O)c1cc(C(C)(C)C)ccc1Br. The van der Waals surface area contributed by atoms with Crippen molar-refractivity contribution < 1.29 is 4.79 Å². The fourth-order valence-electron chi connectivity index (χ4n) is 1.68. The van der Waals surface area contributed by atoms with Gasteiger partial charge in [0.25, 0.3) is 0 Å². The van der Waals surface area contributed by atoms with Crippen molar-refractivity contribution in [1.82, 2.24) is 0 Å². The highest BCUT2D eigenvalue weighted by Gasteiger charge is 2.17. The molecular weight excluding hydrogens is 276 g/mol. The first-order chi connectivity index (χ1) is 7.86. The zero-order valence-electron chi connectivity index (χ0n) is 11.1. The van der Waals surface area contributed by atoms with Crippen LogP contribution >= 0.6 is 15.9 Å². The molecule has 0 saturated carbocycles. The van der Waals surface area contributed by atoms with Crippen LogP contribution in [0, 0.1) is 0 Å². The van der Waals surface area contributed by atoms with Crippen molar-refractivity contribution >= 4 is 21.7 Å². The van der Waals surface area contributed by atoms with Crippen LogP contribution in [-0.2, 0) is 5.41 Å². The van der Waals surface area contributed by atoms with Crippen LogP contribution in [0.3, 0.4) is 0 Å². The predicted molar refractivity (Wildman–Crippen MR) is 76.7 cm³/mol. The molecule has 1 aromatic rings. The van der Waals surface area contributed by atoms with Crippen molar-refractivity contribution in [2.75, 3.05) is 0 Å². The summed E-state index contributed by atoms with van der Waals surface area (Å²) in [7, 11) is 0. The van der Waals surface area contributed by atoms with Gasteiger partial charge in [0, 0.05) is 16.5 Å². The molecule has 0 atom stereocenters. The van der Waals surface area contributed by atoms with Gasteiger partial charge in [-0.05, 0) is 29.5 Å². The molecule has 0 heterocycles. The fourth-order valence-corrected chi connectivity index (χ4v) is 2.15. The van der Waals surface area contributed by atoms with Gasteiger partial charge in [0.15, 0.2) is 5.78 Å². The summed E-state index contributed by atoms with van der Waals surface area (Å²) in [5, 5.41) is 0. The van der Waals surface area contributed by atoms with Gasteiger partial charge >= 0.3 is 0 Å². The Morgan fingerprint density at radius 2 is 1.94 bits per heavy atom. The lowest BCUT2D eigenvalue weighted by Crippen LogP contribution is -2.12. The molecule has 0 aromatic heterocycles. The van der Waals surface area contributed by atoms with Gasteiger partial charge in [-0.15, -0.1) is 0 Å². The van der Waals surface area contributed by atoms with E-state index in [4.69, 9.17) is 0 Å². The first kappa shape index (κ1) is 14.4. The van der Waals surface area contributed by atoms with Crippen molar-refractivity contribution in [3.63, 3.8) is 0 Å². The quantitative estimate of drug-likeness (QED) is 0.705. The zero-order valence-corrected chi connectivity index (χ0v) is 12.7. The molecular formula is C15H21BrO. The van der Waals surface area contributed by atoms with E-state index >= 15 is 0 Å². The van der Waals surface area contributed by atoms with Gasteiger partial charge < -0.3 is 0 Å². The third-order valence-electron chi connectivity index (χ3n) is 2.89. The molecule has 0 fully saturated rings. The van der Waals surface area contributed by atoms with E-state index in [0.29, 0.717) is 6.42 Å². The van der Waals surface area contributed by atoms with Crippen LogP contribution in [0.5, 0.6) is 0 Å². The minimum absolute atomic E-state index is 0.0838. The van der Waals surface area contributed by atoms with Crippen molar-refractivity contribution in [3.8, 4) is 0 Å². The van der Waals surface area contributed by atoms with Crippen LogP contribution in [0.1, 0.15) is 62.9 Å². The molecule has 0 saturated heterocycles. The largest absolute Gasteiger partial charge is 0.294 e. The van der Waals surface area contributed by atoms with Crippen LogP contribution in [0.2, 0.25) is 0 Å². The molecule has 0 aliphatic carbocycles. The summed E-state index contributed by atoms with van der Waals surface area (Å²) in [5.41, 5.74) is 2.12. The van der Waals surface area contributed by atoms with Crippen LogP contribution < -0.4 is 0 Å². The highest BCUT2D eigenvalue weighted by atomic mass is 79.9. The van der Waals surface area contributed by atoms with E-state index in [1.165, 1.54) is 5.56 Å². The summed E-state index contributed by atoms with van der Waals surface area (Å²) in [5.74, 6) is 0.241. The number of carbonyl (C=O) groups is 1. The number of ketones is 1. The first-order valence-corrected chi connectivity index (χ1v) is 6.98. The minimum atomic E-state index is 0.0838. The lowest BCUT2D eigenvalue weighted by Gasteiger charge is -2.20. The van der Waals surface area contributed by atoms with Crippen molar-refractivity contribution in [1.29, 1.82) is 0 Å². The number of rotatable bonds is 4. The van der Waals surface area contributed by atoms with Gasteiger partial charge in [0.1, 0.15) is 0 Å². The number of carbonyl (C=O) groups excluding carboxylic acids is 1. The normalized spacial score (nSPS) is 11.6. The van der Waals surface area contributed by atoms with Crippen molar-refractivity contribution in [2.45, 2.75) is 52.4 Å². The Morgan fingerprint density at radius 3 is 2.47 bits per heavy atom. The molecule has 0 bridgehead atoms. The maximum Gasteiger partial charge on any atom is 0.164 e. The Labute approximate surface area is 113 Å². The Kier molecular flexibility index (Phi) is 4.93. The maximum atomic E-state index is 12.1. The molecule has 1 nitrogen and oxygen atoms in total. The predicted octanol–water partition coefficient (Wildman–Crippen LogP) is 5.12. The number of Topliss-reactive ketones (excluding diaryl/α,β-unsaturated/α-hetero) is 1. The topological polar surface area (TPSA) is 17.1 Å². The third kappa shape index (κ3) is 3.95. The zero-order chi connectivity index (χ0) is 13.1. The molecule has 0 aliphatic rings. The molecule has 2 heteroatoms. The van der Waals surface area contributed by atoms with E-state index in [9.17, 15) is 4.79 Å². The van der Waals surface area contributed by atoms with Crippen LogP contribution in [-0.4, -0.2) is 5.78 Å². The smallest absolute Gasteiger partial charge is 0.164 e. The number of benzene rings is 1. The Hall–Kier alpha value is -0.630. The molecule has 1 rings (SSSR count). The second kappa shape index (κ2) is 5.81. The number of unbranched alkanes of at least 4 members (excludes halogenated alkanes) is 1. The second-order valence-corrected chi connectivity index (χ2v) is 6.33. The minimum Gasteiger partial charge on any atom is -0.294 e. The molecule has 94 valence electrons. The molecule has 0 unspecified atom stereocenters. The number of halogens is 1. The molecule has 1 aromatic carbocycles. The van der Waals surface area contributed by atoms with Crippen molar-refractivity contribution in [3.05, 3.63) is 33.8 Å². The summed E-state index contributed by atoms with van der Waals surface area (Å²) in [4.78, 5) is 12.1. The third-order valence-corrected chi connectivity index (χ3v) is 3.58. The molecule has 17 heavy (non-hydrogen) atoms. The van der Waals surface area contributed by atoms with E-state index in [-0.39, 0.29) is 11.2 Å².